The predicted molar refractivity (Wildman–Crippen MR) is 123 cm³/mol. The van der Waals surface area contributed by atoms with Gasteiger partial charge in [0.05, 0.1) is 4.90 Å². The van der Waals surface area contributed by atoms with E-state index >= 15 is 0 Å². The minimum Gasteiger partial charge on any atom is -0.368 e. The summed E-state index contributed by atoms with van der Waals surface area (Å²) in [6.45, 7) is 5.83. The van der Waals surface area contributed by atoms with E-state index in [1.165, 1.54) is 6.07 Å². The summed E-state index contributed by atoms with van der Waals surface area (Å²) in [7, 11) is -4.11. The van der Waals surface area contributed by atoms with Gasteiger partial charge in [-0.05, 0) is 61.7 Å². The number of aryl methyl sites for hydroxylation is 2. The molecule has 4 rings (SSSR count). The highest BCUT2D eigenvalue weighted by Crippen LogP contribution is 2.30. The quantitative estimate of drug-likeness (QED) is 0.679. The lowest BCUT2D eigenvalue weighted by Gasteiger charge is -2.38. The molecule has 2 aliphatic rings. The molecule has 2 heterocycles. The van der Waals surface area contributed by atoms with Crippen LogP contribution >= 0.6 is 11.6 Å². The van der Waals surface area contributed by atoms with Crippen molar-refractivity contribution in [3.63, 3.8) is 0 Å². The van der Waals surface area contributed by atoms with E-state index in [1.807, 2.05) is 38.1 Å². The molecule has 2 aromatic carbocycles. The van der Waals surface area contributed by atoms with E-state index in [-0.39, 0.29) is 23.6 Å². The van der Waals surface area contributed by atoms with Gasteiger partial charge in [0.25, 0.3) is 10.0 Å². The van der Waals surface area contributed by atoms with Crippen LogP contribution in [0.25, 0.3) is 0 Å². The molecule has 2 aliphatic heterocycles. The third-order valence-corrected chi connectivity index (χ3v) is 8.31. The molecule has 2 fully saturated rings. The van der Waals surface area contributed by atoms with Crippen LogP contribution in [0.1, 0.15) is 24.0 Å². The van der Waals surface area contributed by atoms with Gasteiger partial charge in [-0.15, -0.1) is 0 Å². The van der Waals surface area contributed by atoms with Crippen molar-refractivity contribution in [3.05, 3.63) is 58.6 Å². The summed E-state index contributed by atoms with van der Waals surface area (Å²) >= 11 is 6.09. The number of carbonyl (C=O) groups excluding carboxylic acids is 2. The molecule has 0 bridgehead atoms. The highest BCUT2D eigenvalue weighted by atomic mass is 35.5. The second-order valence-corrected chi connectivity index (χ2v) is 10.5. The zero-order valence-corrected chi connectivity index (χ0v) is 19.7. The fourth-order valence-electron chi connectivity index (χ4n) is 4.24. The Morgan fingerprint density at radius 2 is 1.72 bits per heavy atom. The topological polar surface area (TPSA) is 78.0 Å². The molecule has 9 heteroatoms. The summed E-state index contributed by atoms with van der Waals surface area (Å²) in [5.41, 5.74) is 2.76. The van der Waals surface area contributed by atoms with Crippen LogP contribution < -0.4 is 4.90 Å². The Kier molecular flexibility index (Phi) is 6.18. The number of hydrogen-bond acceptors (Lipinski definition) is 5. The molecule has 2 saturated heterocycles. The molecule has 7 nitrogen and oxygen atoms in total. The van der Waals surface area contributed by atoms with Crippen molar-refractivity contribution in [2.24, 2.45) is 0 Å². The third kappa shape index (κ3) is 4.21. The maximum atomic E-state index is 13.3. The minimum atomic E-state index is -4.11. The Balaban J connectivity index is 1.51. The summed E-state index contributed by atoms with van der Waals surface area (Å²) in [5.74, 6) is -0.840. The Labute approximate surface area is 193 Å². The van der Waals surface area contributed by atoms with Gasteiger partial charge < -0.3 is 9.80 Å². The largest absolute Gasteiger partial charge is 0.368 e. The van der Waals surface area contributed by atoms with Gasteiger partial charge >= 0.3 is 0 Å². The smallest absolute Gasteiger partial charge is 0.267 e. The van der Waals surface area contributed by atoms with E-state index in [0.29, 0.717) is 31.2 Å². The van der Waals surface area contributed by atoms with Gasteiger partial charge in [0.2, 0.25) is 11.8 Å². The number of halogens is 1. The lowest BCUT2D eigenvalue weighted by Crippen LogP contribution is -2.55. The van der Waals surface area contributed by atoms with Gasteiger partial charge in [-0.1, -0.05) is 23.7 Å². The van der Waals surface area contributed by atoms with Gasteiger partial charge in [-0.3, -0.25) is 9.59 Å². The average molecular weight is 476 g/mol. The number of nitrogens with zero attached hydrogens (tertiary/aromatic N) is 3. The van der Waals surface area contributed by atoms with Crippen molar-refractivity contribution in [1.82, 2.24) is 9.21 Å². The maximum absolute atomic E-state index is 13.3. The number of rotatable bonds is 4. The van der Waals surface area contributed by atoms with Crippen LogP contribution in [-0.4, -0.2) is 61.7 Å². The van der Waals surface area contributed by atoms with Gasteiger partial charge in [0.15, 0.2) is 0 Å². The van der Waals surface area contributed by atoms with E-state index in [9.17, 15) is 18.0 Å². The summed E-state index contributed by atoms with van der Waals surface area (Å²) < 4.78 is 27.4. The Morgan fingerprint density at radius 1 is 1.00 bits per heavy atom. The molecule has 0 spiro atoms. The number of carbonyl (C=O) groups is 2. The number of anilines is 1. The van der Waals surface area contributed by atoms with Crippen molar-refractivity contribution >= 4 is 39.1 Å². The zero-order chi connectivity index (χ0) is 23.0. The van der Waals surface area contributed by atoms with Crippen LogP contribution in [0.15, 0.2) is 47.4 Å². The normalized spacial score (nSPS) is 19.5. The van der Waals surface area contributed by atoms with Crippen LogP contribution in [0.2, 0.25) is 5.02 Å². The lowest BCUT2D eigenvalue weighted by molar-refractivity contribution is -0.138. The van der Waals surface area contributed by atoms with Gasteiger partial charge in [-0.25, -0.2) is 12.7 Å². The third-order valence-electron chi connectivity index (χ3n) is 6.25. The molecule has 0 radical (unpaired) electrons. The summed E-state index contributed by atoms with van der Waals surface area (Å²) in [6.07, 6.45) is 0.249. The molecular formula is C23H26ClN3O4S. The van der Waals surface area contributed by atoms with Crippen molar-refractivity contribution in [1.29, 1.82) is 0 Å². The molecule has 0 aromatic heterocycles. The lowest BCUT2D eigenvalue weighted by atomic mass is 10.1. The molecule has 1 unspecified atom stereocenters. The van der Waals surface area contributed by atoms with Crippen LogP contribution in [0.5, 0.6) is 0 Å². The second-order valence-electron chi connectivity index (χ2n) is 8.29. The van der Waals surface area contributed by atoms with Gasteiger partial charge in [0.1, 0.15) is 6.04 Å². The highest BCUT2D eigenvalue weighted by molar-refractivity contribution is 7.89. The minimum absolute atomic E-state index is 0.0411. The zero-order valence-electron chi connectivity index (χ0n) is 18.1. The molecule has 0 aliphatic carbocycles. The van der Waals surface area contributed by atoms with Gasteiger partial charge in [0, 0.05) is 43.3 Å². The standard InChI is InChI=1S/C23H26ClN3O4S/c1-16-6-7-20(14-17(16)2)32(30,31)27-21(8-9-22(27)28)23(29)26-12-10-25(11-13-26)19-5-3-4-18(24)15-19/h3-7,14-15,21H,8-13H2,1-2H3. The van der Waals surface area contributed by atoms with Gasteiger partial charge in [-0.2, -0.15) is 0 Å². The Hall–Kier alpha value is -2.58. The number of piperazine rings is 1. The first-order valence-electron chi connectivity index (χ1n) is 10.6. The summed E-state index contributed by atoms with van der Waals surface area (Å²) in [6, 6.07) is 11.3. The molecular weight excluding hydrogens is 450 g/mol. The molecule has 2 amide bonds. The first kappa shape index (κ1) is 22.6. The Bertz CT molecular complexity index is 1160. The van der Waals surface area contributed by atoms with Crippen molar-refractivity contribution in [3.8, 4) is 0 Å². The van der Waals surface area contributed by atoms with Crippen LogP contribution in [0.3, 0.4) is 0 Å². The number of hydrogen-bond donors (Lipinski definition) is 0. The molecule has 1 atom stereocenters. The predicted octanol–water partition coefficient (Wildman–Crippen LogP) is 2.99. The molecule has 170 valence electrons. The number of amides is 2. The Morgan fingerprint density at radius 3 is 2.38 bits per heavy atom. The van der Waals surface area contributed by atoms with E-state index < -0.39 is 22.0 Å². The highest BCUT2D eigenvalue weighted by Gasteiger charge is 2.46. The van der Waals surface area contributed by atoms with E-state index in [0.717, 1.165) is 21.1 Å². The number of benzene rings is 2. The molecule has 0 saturated carbocycles. The van der Waals surface area contributed by atoms with Crippen LogP contribution in [-0.2, 0) is 19.6 Å². The molecule has 2 aromatic rings. The summed E-state index contributed by atoms with van der Waals surface area (Å²) in [5, 5.41) is 0.651. The second kappa shape index (κ2) is 8.75. The van der Waals surface area contributed by atoms with Crippen molar-refractivity contribution < 1.29 is 18.0 Å². The average Bonchev–Trinajstić information content (AvgIpc) is 3.17. The summed E-state index contributed by atoms with van der Waals surface area (Å²) in [4.78, 5) is 29.7. The SMILES string of the molecule is Cc1ccc(S(=O)(=O)N2C(=O)CCC2C(=O)N2CCN(c3cccc(Cl)c3)CC2)cc1C. The van der Waals surface area contributed by atoms with Crippen LogP contribution in [0, 0.1) is 13.8 Å². The first-order valence-corrected chi connectivity index (χ1v) is 12.4. The van der Waals surface area contributed by atoms with Crippen LogP contribution in [0.4, 0.5) is 5.69 Å². The van der Waals surface area contributed by atoms with E-state index in [1.54, 1.807) is 17.0 Å². The van der Waals surface area contributed by atoms with Crippen molar-refractivity contribution in [2.45, 2.75) is 37.6 Å². The number of sulfonamides is 1. The fraction of sp³-hybridized carbons (Fsp3) is 0.391. The van der Waals surface area contributed by atoms with E-state index in [2.05, 4.69) is 4.90 Å². The van der Waals surface area contributed by atoms with E-state index in [4.69, 9.17) is 11.6 Å². The van der Waals surface area contributed by atoms with Crippen molar-refractivity contribution in [2.75, 3.05) is 31.1 Å². The first-order chi connectivity index (χ1) is 15.2. The molecule has 0 N–H and O–H groups in total. The fourth-order valence-corrected chi connectivity index (χ4v) is 6.11. The molecule has 32 heavy (non-hydrogen) atoms. The monoisotopic (exact) mass is 475 g/mol. The maximum Gasteiger partial charge on any atom is 0.267 e.